The Balaban J connectivity index is 1.74. The van der Waals surface area contributed by atoms with Gasteiger partial charge in [0.05, 0.1) is 5.56 Å². The number of aromatic nitrogens is 1. The molecular weight excluding hydrogens is 286 g/mol. The zero-order valence-corrected chi connectivity index (χ0v) is 12.1. The highest BCUT2D eigenvalue weighted by Gasteiger charge is 2.35. The van der Waals surface area contributed by atoms with Crippen molar-refractivity contribution < 1.29 is 13.6 Å². The van der Waals surface area contributed by atoms with Crippen LogP contribution in [0.25, 0.3) is 0 Å². The average Bonchev–Trinajstić information content (AvgIpc) is 2.46. The Morgan fingerprint density at radius 1 is 1.27 bits per heavy atom. The summed E-state index contributed by atoms with van der Waals surface area (Å²) in [7, 11) is 0. The van der Waals surface area contributed by atoms with Gasteiger partial charge in [-0.05, 0) is 43.5 Å². The van der Waals surface area contributed by atoms with E-state index in [-0.39, 0.29) is 17.9 Å². The maximum Gasteiger partial charge on any atom is 0.253 e. The van der Waals surface area contributed by atoms with Gasteiger partial charge in [0.15, 0.2) is 0 Å². The number of aryl methyl sites for hydroxylation is 1. The number of halogens is 2. The van der Waals surface area contributed by atoms with E-state index in [1.807, 2.05) is 0 Å². The molecule has 0 bridgehead atoms. The van der Waals surface area contributed by atoms with Crippen molar-refractivity contribution in [1.82, 2.24) is 10.3 Å². The lowest BCUT2D eigenvalue weighted by atomic mass is 9.74. The van der Waals surface area contributed by atoms with E-state index in [1.54, 1.807) is 25.3 Å². The molecule has 22 heavy (non-hydrogen) atoms. The van der Waals surface area contributed by atoms with E-state index < -0.39 is 11.6 Å². The summed E-state index contributed by atoms with van der Waals surface area (Å²) in [6.07, 6.45) is 3.19. The fraction of sp³-hybridized carbons (Fsp3) is 0.294. The molecule has 1 N–H and O–H groups in total. The number of carbonyl (C=O) groups excluding carboxylic acids is 1. The minimum atomic E-state index is -0.591. The van der Waals surface area contributed by atoms with Crippen LogP contribution in [0.3, 0.4) is 0 Å². The van der Waals surface area contributed by atoms with E-state index >= 15 is 0 Å². The molecule has 0 unspecified atom stereocenters. The standard InChI is InChI=1S/C17H16F2N2O/c1-10-12(3-2-8-20-10)17(22)21-16-7-6-14(16)13-5-4-11(18)9-15(13)19/h2-5,8-9,14,16H,6-7H2,1H3,(H,21,22)/t14-,16-/m0/s1. The molecule has 3 nitrogen and oxygen atoms in total. The quantitative estimate of drug-likeness (QED) is 0.945. The second-order valence-electron chi connectivity index (χ2n) is 5.57. The Bertz CT molecular complexity index is 718. The summed E-state index contributed by atoms with van der Waals surface area (Å²) in [5, 5.41) is 2.92. The number of pyridine rings is 1. The zero-order chi connectivity index (χ0) is 15.7. The molecule has 1 aliphatic carbocycles. The summed E-state index contributed by atoms with van der Waals surface area (Å²) in [6.45, 7) is 1.77. The number of hydrogen-bond donors (Lipinski definition) is 1. The van der Waals surface area contributed by atoms with Gasteiger partial charge in [-0.15, -0.1) is 0 Å². The van der Waals surface area contributed by atoms with Crippen molar-refractivity contribution in [2.45, 2.75) is 31.7 Å². The number of nitrogens with zero attached hydrogens (tertiary/aromatic N) is 1. The number of carbonyl (C=O) groups is 1. The lowest BCUT2D eigenvalue weighted by molar-refractivity contribution is 0.0902. The van der Waals surface area contributed by atoms with Crippen molar-refractivity contribution in [3.63, 3.8) is 0 Å². The van der Waals surface area contributed by atoms with Crippen LogP contribution in [0.4, 0.5) is 8.78 Å². The molecule has 1 aromatic carbocycles. The smallest absolute Gasteiger partial charge is 0.253 e. The first-order valence-corrected chi connectivity index (χ1v) is 7.23. The predicted molar refractivity (Wildman–Crippen MR) is 78.6 cm³/mol. The number of nitrogens with one attached hydrogen (secondary N) is 1. The van der Waals surface area contributed by atoms with Crippen LogP contribution in [0.5, 0.6) is 0 Å². The Labute approximate surface area is 127 Å². The summed E-state index contributed by atoms with van der Waals surface area (Å²) >= 11 is 0. The molecule has 2 atom stereocenters. The molecular formula is C17H16F2N2O. The van der Waals surface area contributed by atoms with Crippen molar-refractivity contribution in [2.24, 2.45) is 0 Å². The number of amides is 1. The zero-order valence-electron chi connectivity index (χ0n) is 12.1. The highest BCUT2D eigenvalue weighted by molar-refractivity contribution is 5.95. The highest BCUT2D eigenvalue weighted by atomic mass is 19.1. The van der Waals surface area contributed by atoms with Crippen LogP contribution in [0.15, 0.2) is 36.5 Å². The topological polar surface area (TPSA) is 42.0 Å². The first-order valence-electron chi connectivity index (χ1n) is 7.23. The molecule has 1 fully saturated rings. The molecule has 1 aliphatic rings. The minimum absolute atomic E-state index is 0.110. The van der Waals surface area contributed by atoms with Gasteiger partial charge in [-0.1, -0.05) is 6.07 Å². The summed E-state index contributed by atoms with van der Waals surface area (Å²) in [4.78, 5) is 16.4. The van der Waals surface area contributed by atoms with E-state index in [0.717, 1.165) is 18.9 Å². The van der Waals surface area contributed by atoms with Crippen molar-refractivity contribution in [3.8, 4) is 0 Å². The Morgan fingerprint density at radius 3 is 2.73 bits per heavy atom. The molecule has 3 rings (SSSR count). The molecule has 1 saturated carbocycles. The fourth-order valence-corrected chi connectivity index (χ4v) is 2.82. The first kappa shape index (κ1) is 14.6. The molecule has 1 aromatic heterocycles. The molecule has 5 heteroatoms. The van der Waals surface area contributed by atoms with E-state index in [4.69, 9.17) is 0 Å². The number of rotatable bonds is 3. The number of hydrogen-bond acceptors (Lipinski definition) is 2. The molecule has 114 valence electrons. The summed E-state index contributed by atoms with van der Waals surface area (Å²) in [6, 6.07) is 6.89. The Hall–Kier alpha value is -2.30. The second kappa shape index (κ2) is 5.83. The summed E-state index contributed by atoms with van der Waals surface area (Å²) < 4.78 is 26.8. The average molecular weight is 302 g/mol. The van der Waals surface area contributed by atoms with E-state index in [9.17, 15) is 13.6 Å². The van der Waals surface area contributed by atoms with Crippen LogP contribution in [-0.2, 0) is 0 Å². The third kappa shape index (κ3) is 2.71. The molecule has 0 spiro atoms. The predicted octanol–water partition coefficient (Wildman–Crippen LogP) is 3.34. The van der Waals surface area contributed by atoms with Crippen LogP contribution < -0.4 is 5.32 Å². The molecule has 1 amide bonds. The van der Waals surface area contributed by atoms with E-state index in [0.29, 0.717) is 16.8 Å². The SMILES string of the molecule is Cc1ncccc1C(=O)N[C@H]1CC[C@H]1c1ccc(F)cc1F. The molecule has 0 aliphatic heterocycles. The Kier molecular flexibility index (Phi) is 3.88. The lowest BCUT2D eigenvalue weighted by Gasteiger charge is -2.37. The van der Waals surface area contributed by atoms with Crippen molar-refractivity contribution in [3.05, 3.63) is 65.0 Å². The lowest BCUT2D eigenvalue weighted by Crippen LogP contribution is -2.45. The van der Waals surface area contributed by atoms with Gasteiger partial charge < -0.3 is 5.32 Å². The van der Waals surface area contributed by atoms with Gasteiger partial charge in [0, 0.05) is 29.9 Å². The van der Waals surface area contributed by atoms with Gasteiger partial charge in [-0.3, -0.25) is 9.78 Å². The monoisotopic (exact) mass is 302 g/mol. The van der Waals surface area contributed by atoms with Gasteiger partial charge in [0.25, 0.3) is 5.91 Å². The summed E-state index contributed by atoms with van der Waals surface area (Å²) in [5.41, 5.74) is 1.64. The highest BCUT2D eigenvalue weighted by Crippen LogP contribution is 2.38. The maximum absolute atomic E-state index is 13.9. The van der Waals surface area contributed by atoms with Crippen LogP contribution >= 0.6 is 0 Å². The molecule has 0 radical (unpaired) electrons. The van der Waals surface area contributed by atoms with E-state index in [1.165, 1.54) is 12.1 Å². The third-order valence-electron chi connectivity index (χ3n) is 4.20. The van der Waals surface area contributed by atoms with Crippen molar-refractivity contribution >= 4 is 5.91 Å². The molecule has 2 aromatic rings. The van der Waals surface area contributed by atoms with Crippen LogP contribution in [0, 0.1) is 18.6 Å². The van der Waals surface area contributed by atoms with Gasteiger partial charge >= 0.3 is 0 Å². The third-order valence-corrected chi connectivity index (χ3v) is 4.20. The Morgan fingerprint density at radius 2 is 2.09 bits per heavy atom. The van der Waals surface area contributed by atoms with Crippen molar-refractivity contribution in [1.29, 1.82) is 0 Å². The normalized spacial score (nSPS) is 20.3. The van der Waals surface area contributed by atoms with Crippen LogP contribution in [-0.4, -0.2) is 16.9 Å². The molecule has 0 saturated heterocycles. The van der Waals surface area contributed by atoms with Crippen LogP contribution in [0.1, 0.15) is 40.4 Å². The van der Waals surface area contributed by atoms with E-state index in [2.05, 4.69) is 10.3 Å². The van der Waals surface area contributed by atoms with Crippen molar-refractivity contribution in [2.75, 3.05) is 0 Å². The maximum atomic E-state index is 13.9. The van der Waals surface area contributed by atoms with Crippen LogP contribution in [0.2, 0.25) is 0 Å². The first-order chi connectivity index (χ1) is 10.6. The summed E-state index contributed by atoms with van der Waals surface area (Å²) in [5.74, 6) is -1.46. The van der Waals surface area contributed by atoms with Gasteiger partial charge in [-0.25, -0.2) is 8.78 Å². The second-order valence-corrected chi connectivity index (χ2v) is 5.57. The van der Waals surface area contributed by atoms with Gasteiger partial charge in [0.2, 0.25) is 0 Å². The molecule has 1 heterocycles. The largest absolute Gasteiger partial charge is 0.349 e. The number of benzene rings is 1. The minimum Gasteiger partial charge on any atom is -0.349 e. The van der Waals surface area contributed by atoms with Gasteiger partial charge in [0.1, 0.15) is 11.6 Å². The fourth-order valence-electron chi connectivity index (χ4n) is 2.82. The van der Waals surface area contributed by atoms with Gasteiger partial charge in [-0.2, -0.15) is 0 Å².